The second-order valence-corrected chi connectivity index (χ2v) is 7.15. The lowest BCUT2D eigenvalue weighted by Crippen LogP contribution is -2.41. The quantitative estimate of drug-likeness (QED) is 0.772. The van der Waals surface area contributed by atoms with Gasteiger partial charge in [0.2, 0.25) is 11.8 Å². The van der Waals surface area contributed by atoms with Crippen molar-refractivity contribution in [3.05, 3.63) is 35.4 Å². The normalized spacial score (nSPS) is 22.9. The van der Waals surface area contributed by atoms with Gasteiger partial charge in [-0.05, 0) is 32.3 Å². The van der Waals surface area contributed by atoms with E-state index < -0.39 is 0 Å². The van der Waals surface area contributed by atoms with E-state index in [1.54, 1.807) is 0 Å². The molecule has 0 aromatic heterocycles. The Morgan fingerprint density at radius 3 is 2.56 bits per heavy atom. The number of nitrogens with one attached hydrogen (secondary N) is 1. The SMILES string of the molecule is CCOCCC(=O)N1C[C@@H](NC(=O)C2CC2)[C@H](c2ccc(C)cc2)C1. The second-order valence-electron chi connectivity index (χ2n) is 7.15. The van der Waals surface area contributed by atoms with Gasteiger partial charge in [-0.1, -0.05) is 29.8 Å². The van der Waals surface area contributed by atoms with E-state index in [0.717, 1.165) is 12.8 Å². The molecule has 5 heteroatoms. The van der Waals surface area contributed by atoms with Crippen molar-refractivity contribution in [2.24, 2.45) is 5.92 Å². The molecule has 0 radical (unpaired) electrons. The molecular weight excluding hydrogens is 316 g/mol. The summed E-state index contributed by atoms with van der Waals surface area (Å²) in [5, 5.41) is 3.19. The highest BCUT2D eigenvalue weighted by Crippen LogP contribution is 2.32. The molecule has 136 valence electrons. The number of nitrogens with zero attached hydrogens (tertiary/aromatic N) is 1. The number of likely N-dealkylation sites (tertiary alicyclic amines) is 1. The van der Waals surface area contributed by atoms with Crippen LogP contribution >= 0.6 is 0 Å². The molecule has 2 amide bonds. The molecule has 1 heterocycles. The third-order valence-electron chi connectivity index (χ3n) is 5.12. The summed E-state index contributed by atoms with van der Waals surface area (Å²) < 4.78 is 5.30. The largest absolute Gasteiger partial charge is 0.381 e. The Balaban J connectivity index is 1.68. The molecule has 5 nitrogen and oxygen atoms in total. The van der Waals surface area contributed by atoms with Gasteiger partial charge >= 0.3 is 0 Å². The van der Waals surface area contributed by atoms with Crippen molar-refractivity contribution in [1.29, 1.82) is 0 Å². The van der Waals surface area contributed by atoms with E-state index in [-0.39, 0.29) is 29.7 Å². The third kappa shape index (κ3) is 4.60. The van der Waals surface area contributed by atoms with Crippen LogP contribution in [0.2, 0.25) is 0 Å². The number of benzene rings is 1. The lowest BCUT2D eigenvalue weighted by Gasteiger charge is -2.20. The monoisotopic (exact) mass is 344 g/mol. The van der Waals surface area contributed by atoms with Gasteiger partial charge in [0.25, 0.3) is 0 Å². The van der Waals surface area contributed by atoms with Crippen LogP contribution in [-0.2, 0) is 14.3 Å². The maximum absolute atomic E-state index is 12.5. The van der Waals surface area contributed by atoms with Crippen molar-refractivity contribution in [2.75, 3.05) is 26.3 Å². The van der Waals surface area contributed by atoms with Gasteiger partial charge in [-0.15, -0.1) is 0 Å². The van der Waals surface area contributed by atoms with Crippen LogP contribution < -0.4 is 5.32 Å². The van der Waals surface area contributed by atoms with Crippen molar-refractivity contribution in [2.45, 2.75) is 45.1 Å². The second kappa shape index (κ2) is 8.00. The molecule has 25 heavy (non-hydrogen) atoms. The van der Waals surface area contributed by atoms with Crippen LogP contribution in [0.4, 0.5) is 0 Å². The summed E-state index contributed by atoms with van der Waals surface area (Å²) in [7, 11) is 0. The number of amides is 2. The Morgan fingerprint density at radius 2 is 1.92 bits per heavy atom. The van der Waals surface area contributed by atoms with E-state index in [4.69, 9.17) is 4.74 Å². The first kappa shape index (κ1) is 17.9. The first-order chi connectivity index (χ1) is 12.1. The van der Waals surface area contributed by atoms with Gasteiger partial charge in [0.15, 0.2) is 0 Å². The molecule has 2 atom stereocenters. The van der Waals surface area contributed by atoms with Crippen LogP contribution in [0.15, 0.2) is 24.3 Å². The van der Waals surface area contributed by atoms with Crippen LogP contribution in [0.1, 0.15) is 43.2 Å². The maximum atomic E-state index is 12.5. The zero-order valence-corrected chi connectivity index (χ0v) is 15.2. The van der Waals surface area contributed by atoms with Crippen LogP contribution in [0.3, 0.4) is 0 Å². The number of carbonyl (C=O) groups is 2. The summed E-state index contributed by atoms with van der Waals surface area (Å²) in [6.07, 6.45) is 2.38. The number of hydrogen-bond acceptors (Lipinski definition) is 3. The fourth-order valence-corrected chi connectivity index (χ4v) is 3.41. The van der Waals surface area contributed by atoms with Crippen molar-refractivity contribution >= 4 is 11.8 Å². The Kier molecular flexibility index (Phi) is 5.74. The fourth-order valence-electron chi connectivity index (χ4n) is 3.41. The van der Waals surface area contributed by atoms with E-state index in [1.807, 2.05) is 11.8 Å². The lowest BCUT2D eigenvalue weighted by atomic mass is 9.93. The topological polar surface area (TPSA) is 58.6 Å². The van der Waals surface area contributed by atoms with E-state index in [1.165, 1.54) is 11.1 Å². The number of aryl methyl sites for hydroxylation is 1. The van der Waals surface area contributed by atoms with Gasteiger partial charge in [-0.3, -0.25) is 9.59 Å². The maximum Gasteiger partial charge on any atom is 0.224 e. The lowest BCUT2D eigenvalue weighted by molar-refractivity contribution is -0.131. The third-order valence-corrected chi connectivity index (χ3v) is 5.12. The Bertz CT molecular complexity index is 610. The highest BCUT2D eigenvalue weighted by Gasteiger charge is 2.39. The number of rotatable bonds is 7. The first-order valence-corrected chi connectivity index (χ1v) is 9.31. The molecule has 2 aliphatic rings. The average Bonchev–Trinajstić information content (AvgIpc) is 3.37. The van der Waals surface area contributed by atoms with Gasteiger partial charge in [-0.25, -0.2) is 0 Å². The Hall–Kier alpha value is -1.88. The summed E-state index contributed by atoms with van der Waals surface area (Å²) in [6.45, 7) is 6.32. The summed E-state index contributed by atoms with van der Waals surface area (Å²) in [4.78, 5) is 26.6. The standard InChI is InChI=1S/C20H28N2O3/c1-3-25-11-10-19(23)22-12-17(15-6-4-14(2)5-7-15)18(13-22)21-20(24)16-8-9-16/h4-7,16-18H,3,8-13H2,1-2H3,(H,21,24)/t17-,18+/m0/s1. The number of ether oxygens (including phenoxy) is 1. The molecule has 3 rings (SSSR count). The molecule has 1 saturated carbocycles. The predicted octanol–water partition coefficient (Wildman–Crippen LogP) is 2.24. The molecule has 0 spiro atoms. The summed E-state index contributed by atoms with van der Waals surface area (Å²) in [6, 6.07) is 8.41. The molecule has 0 bridgehead atoms. The van der Waals surface area contributed by atoms with Crippen LogP contribution in [0.5, 0.6) is 0 Å². The van der Waals surface area contributed by atoms with Crippen molar-refractivity contribution in [1.82, 2.24) is 10.2 Å². The van der Waals surface area contributed by atoms with Gasteiger partial charge < -0.3 is 15.0 Å². The molecule has 1 aliphatic carbocycles. The minimum Gasteiger partial charge on any atom is -0.381 e. The van der Waals surface area contributed by atoms with Crippen LogP contribution in [-0.4, -0.2) is 49.1 Å². The smallest absolute Gasteiger partial charge is 0.224 e. The van der Waals surface area contributed by atoms with E-state index in [2.05, 4.69) is 36.5 Å². The summed E-state index contributed by atoms with van der Waals surface area (Å²) in [5.41, 5.74) is 2.40. The summed E-state index contributed by atoms with van der Waals surface area (Å²) >= 11 is 0. The van der Waals surface area contributed by atoms with Crippen molar-refractivity contribution < 1.29 is 14.3 Å². The van der Waals surface area contributed by atoms with Gasteiger partial charge in [0, 0.05) is 31.5 Å². The van der Waals surface area contributed by atoms with Crippen molar-refractivity contribution in [3.8, 4) is 0 Å². The molecule has 1 aromatic rings. The van der Waals surface area contributed by atoms with E-state index in [0.29, 0.717) is 32.7 Å². The minimum absolute atomic E-state index is 0.00755. The number of hydrogen-bond donors (Lipinski definition) is 1. The fraction of sp³-hybridized carbons (Fsp3) is 0.600. The Morgan fingerprint density at radius 1 is 1.20 bits per heavy atom. The molecule has 1 aromatic carbocycles. The average molecular weight is 344 g/mol. The highest BCUT2D eigenvalue weighted by atomic mass is 16.5. The molecule has 1 N–H and O–H groups in total. The Labute approximate surface area is 149 Å². The van der Waals surface area contributed by atoms with E-state index in [9.17, 15) is 9.59 Å². The minimum atomic E-state index is -0.00755. The summed E-state index contributed by atoms with van der Waals surface area (Å²) in [5.74, 6) is 0.583. The highest BCUT2D eigenvalue weighted by molar-refractivity contribution is 5.82. The molecule has 1 aliphatic heterocycles. The van der Waals surface area contributed by atoms with Crippen LogP contribution in [0.25, 0.3) is 0 Å². The zero-order chi connectivity index (χ0) is 17.8. The molecule has 0 unspecified atom stereocenters. The number of carbonyl (C=O) groups excluding carboxylic acids is 2. The molecule has 2 fully saturated rings. The van der Waals surface area contributed by atoms with Crippen molar-refractivity contribution in [3.63, 3.8) is 0 Å². The molecule has 1 saturated heterocycles. The van der Waals surface area contributed by atoms with E-state index >= 15 is 0 Å². The first-order valence-electron chi connectivity index (χ1n) is 9.31. The van der Waals surface area contributed by atoms with Gasteiger partial charge in [0.1, 0.15) is 0 Å². The van der Waals surface area contributed by atoms with Crippen LogP contribution in [0, 0.1) is 12.8 Å². The predicted molar refractivity (Wildman–Crippen MR) is 96.3 cm³/mol. The van der Waals surface area contributed by atoms with Gasteiger partial charge in [-0.2, -0.15) is 0 Å². The van der Waals surface area contributed by atoms with Gasteiger partial charge in [0.05, 0.1) is 19.1 Å². The zero-order valence-electron chi connectivity index (χ0n) is 15.2. The molecular formula is C20H28N2O3.